The molecule has 0 aliphatic heterocycles. The van der Waals surface area contributed by atoms with Crippen molar-refractivity contribution in [3.63, 3.8) is 0 Å². The summed E-state index contributed by atoms with van der Waals surface area (Å²) in [5.74, 6) is 1.19. The number of H-pyrrole nitrogens is 1. The molecule has 0 spiro atoms. The maximum absolute atomic E-state index is 14.1. The standard InChI is InChI=1S/C21H21FN6/c1-13-5-6-17(22)21-20(13)16(14(2)27-21)7-9-24-18-10-19(26-12-25-18)28-15-4-3-8-23-11-15/h3-6,8,10-12,27H,7,9H2,1-2H3,(H2,24,25,26,28). The van der Waals surface area contributed by atoms with Crippen molar-refractivity contribution in [2.45, 2.75) is 20.3 Å². The second-order valence-corrected chi connectivity index (χ2v) is 6.67. The van der Waals surface area contributed by atoms with Crippen LogP contribution in [0.15, 0.2) is 49.1 Å². The fraction of sp³-hybridized carbons (Fsp3) is 0.190. The van der Waals surface area contributed by atoms with Gasteiger partial charge in [0.05, 0.1) is 17.4 Å². The first kappa shape index (κ1) is 17.9. The molecule has 0 unspecified atom stereocenters. The molecule has 7 heteroatoms. The van der Waals surface area contributed by atoms with E-state index in [1.807, 2.05) is 38.1 Å². The van der Waals surface area contributed by atoms with E-state index in [1.165, 1.54) is 12.4 Å². The molecular weight excluding hydrogens is 355 g/mol. The summed E-state index contributed by atoms with van der Waals surface area (Å²) < 4.78 is 14.1. The Morgan fingerprint density at radius 1 is 1.11 bits per heavy atom. The van der Waals surface area contributed by atoms with Gasteiger partial charge in [0.2, 0.25) is 0 Å². The number of nitrogens with zero attached hydrogens (tertiary/aromatic N) is 3. The number of fused-ring (bicyclic) bond motifs is 1. The van der Waals surface area contributed by atoms with E-state index in [0.29, 0.717) is 17.9 Å². The van der Waals surface area contributed by atoms with Crippen molar-refractivity contribution in [1.29, 1.82) is 0 Å². The molecule has 0 amide bonds. The van der Waals surface area contributed by atoms with Gasteiger partial charge in [-0.15, -0.1) is 0 Å². The van der Waals surface area contributed by atoms with Gasteiger partial charge in [0.15, 0.2) is 0 Å². The first-order valence-corrected chi connectivity index (χ1v) is 9.11. The third kappa shape index (κ3) is 3.64. The lowest BCUT2D eigenvalue weighted by atomic mass is 10.0. The molecular formula is C21H21FN6. The van der Waals surface area contributed by atoms with E-state index in [-0.39, 0.29) is 5.82 Å². The lowest BCUT2D eigenvalue weighted by Gasteiger charge is -2.09. The number of aromatic amines is 1. The van der Waals surface area contributed by atoms with Crippen molar-refractivity contribution >= 4 is 28.2 Å². The topological polar surface area (TPSA) is 78.5 Å². The SMILES string of the molecule is Cc1[nH]c2c(F)ccc(C)c2c1CCNc1cc(Nc2cccnc2)ncn1. The molecule has 0 bridgehead atoms. The largest absolute Gasteiger partial charge is 0.370 e. The van der Waals surface area contributed by atoms with Gasteiger partial charge in [0, 0.05) is 29.9 Å². The Hall–Kier alpha value is -3.48. The van der Waals surface area contributed by atoms with Crippen molar-refractivity contribution in [3.05, 3.63) is 71.7 Å². The van der Waals surface area contributed by atoms with Gasteiger partial charge < -0.3 is 15.6 Å². The van der Waals surface area contributed by atoms with Gasteiger partial charge in [-0.05, 0) is 49.6 Å². The number of aryl methyl sites for hydroxylation is 2. The molecule has 3 N–H and O–H groups in total. The highest BCUT2D eigenvalue weighted by molar-refractivity contribution is 5.88. The average molecular weight is 376 g/mol. The van der Waals surface area contributed by atoms with Crippen LogP contribution < -0.4 is 10.6 Å². The molecule has 3 heterocycles. The van der Waals surface area contributed by atoms with E-state index in [4.69, 9.17) is 0 Å². The Labute approximate surface area is 162 Å². The van der Waals surface area contributed by atoms with E-state index in [1.54, 1.807) is 12.4 Å². The summed E-state index contributed by atoms with van der Waals surface area (Å²) in [4.78, 5) is 15.8. The van der Waals surface area contributed by atoms with Crippen LogP contribution in [0.2, 0.25) is 0 Å². The number of aromatic nitrogens is 4. The van der Waals surface area contributed by atoms with Crippen molar-refractivity contribution in [1.82, 2.24) is 19.9 Å². The molecule has 4 rings (SSSR count). The number of benzene rings is 1. The van der Waals surface area contributed by atoms with Gasteiger partial charge >= 0.3 is 0 Å². The fourth-order valence-electron chi connectivity index (χ4n) is 3.38. The highest BCUT2D eigenvalue weighted by Gasteiger charge is 2.13. The van der Waals surface area contributed by atoms with Gasteiger partial charge in [0.1, 0.15) is 23.8 Å². The number of pyridine rings is 1. The van der Waals surface area contributed by atoms with E-state index in [9.17, 15) is 4.39 Å². The molecule has 4 aromatic rings. The van der Waals surface area contributed by atoms with Gasteiger partial charge in [0.25, 0.3) is 0 Å². The maximum Gasteiger partial charge on any atom is 0.147 e. The number of hydrogen-bond acceptors (Lipinski definition) is 5. The molecule has 28 heavy (non-hydrogen) atoms. The number of nitrogens with one attached hydrogen (secondary N) is 3. The summed E-state index contributed by atoms with van der Waals surface area (Å²) in [5.41, 5.74) is 4.63. The smallest absolute Gasteiger partial charge is 0.147 e. The second kappa shape index (κ2) is 7.64. The third-order valence-electron chi connectivity index (χ3n) is 4.71. The molecule has 142 valence electrons. The van der Waals surface area contributed by atoms with Gasteiger partial charge in [-0.1, -0.05) is 6.07 Å². The van der Waals surface area contributed by atoms with E-state index in [0.717, 1.165) is 40.1 Å². The Morgan fingerprint density at radius 2 is 1.96 bits per heavy atom. The third-order valence-corrected chi connectivity index (χ3v) is 4.71. The zero-order valence-corrected chi connectivity index (χ0v) is 15.8. The Balaban J connectivity index is 1.46. The minimum absolute atomic E-state index is 0.218. The zero-order valence-electron chi connectivity index (χ0n) is 15.8. The number of halogens is 1. The van der Waals surface area contributed by atoms with Crippen LogP contribution in [0.5, 0.6) is 0 Å². The summed E-state index contributed by atoms with van der Waals surface area (Å²) in [6.45, 7) is 4.66. The average Bonchev–Trinajstić information content (AvgIpc) is 3.04. The molecule has 0 saturated carbocycles. The summed E-state index contributed by atoms with van der Waals surface area (Å²) in [5, 5.41) is 7.49. The highest BCUT2D eigenvalue weighted by Crippen LogP contribution is 2.28. The fourth-order valence-corrected chi connectivity index (χ4v) is 3.38. The molecule has 3 aromatic heterocycles. The quantitative estimate of drug-likeness (QED) is 0.462. The maximum atomic E-state index is 14.1. The van der Waals surface area contributed by atoms with Crippen LogP contribution in [0.3, 0.4) is 0 Å². The Kier molecular flexibility index (Phi) is 4.89. The summed E-state index contributed by atoms with van der Waals surface area (Å²) >= 11 is 0. The van der Waals surface area contributed by atoms with Crippen LogP contribution in [-0.2, 0) is 6.42 Å². The summed E-state index contributed by atoms with van der Waals surface area (Å²) in [6.07, 6.45) is 5.72. The van der Waals surface area contributed by atoms with Gasteiger partial charge in [-0.25, -0.2) is 14.4 Å². The molecule has 0 fully saturated rings. The minimum Gasteiger partial charge on any atom is -0.370 e. The Morgan fingerprint density at radius 3 is 2.79 bits per heavy atom. The van der Waals surface area contributed by atoms with Crippen LogP contribution in [0.4, 0.5) is 21.7 Å². The number of hydrogen-bond donors (Lipinski definition) is 3. The van der Waals surface area contributed by atoms with E-state index < -0.39 is 0 Å². The zero-order chi connectivity index (χ0) is 19.5. The predicted molar refractivity (Wildman–Crippen MR) is 109 cm³/mol. The van der Waals surface area contributed by atoms with Gasteiger partial charge in [-0.2, -0.15) is 0 Å². The van der Waals surface area contributed by atoms with Crippen LogP contribution in [0, 0.1) is 19.7 Å². The second-order valence-electron chi connectivity index (χ2n) is 6.67. The summed E-state index contributed by atoms with van der Waals surface area (Å²) in [6, 6.07) is 8.95. The van der Waals surface area contributed by atoms with Crippen LogP contribution >= 0.6 is 0 Å². The molecule has 0 saturated heterocycles. The monoisotopic (exact) mass is 376 g/mol. The Bertz CT molecular complexity index is 1110. The van der Waals surface area contributed by atoms with Crippen molar-refractivity contribution in [2.75, 3.05) is 17.2 Å². The molecule has 0 aliphatic rings. The molecule has 0 radical (unpaired) electrons. The first-order chi connectivity index (χ1) is 13.6. The van der Waals surface area contributed by atoms with E-state index in [2.05, 4.69) is 30.6 Å². The predicted octanol–water partition coefficient (Wildman–Crippen LogP) is 4.51. The lowest BCUT2D eigenvalue weighted by molar-refractivity contribution is 0.637. The van der Waals surface area contributed by atoms with E-state index >= 15 is 0 Å². The normalized spacial score (nSPS) is 11.0. The molecule has 6 nitrogen and oxygen atoms in total. The van der Waals surface area contributed by atoms with Crippen molar-refractivity contribution in [3.8, 4) is 0 Å². The minimum atomic E-state index is -0.218. The summed E-state index contributed by atoms with van der Waals surface area (Å²) in [7, 11) is 0. The van der Waals surface area contributed by atoms with Crippen LogP contribution in [0.1, 0.15) is 16.8 Å². The molecule has 1 aromatic carbocycles. The molecule has 0 aliphatic carbocycles. The first-order valence-electron chi connectivity index (χ1n) is 9.11. The highest BCUT2D eigenvalue weighted by atomic mass is 19.1. The molecule has 0 atom stereocenters. The van der Waals surface area contributed by atoms with Crippen molar-refractivity contribution < 1.29 is 4.39 Å². The van der Waals surface area contributed by atoms with Gasteiger partial charge in [-0.3, -0.25) is 4.98 Å². The lowest BCUT2D eigenvalue weighted by Crippen LogP contribution is -2.08. The van der Waals surface area contributed by atoms with Crippen LogP contribution in [0.25, 0.3) is 10.9 Å². The number of rotatable bonds is 6. The van der Waals surface area contributed by atoms with Crippen LogP contribution in [-0.4, -0.2) is 26.5 Å². The number of anilines is 3. The van der Waals surface area contributed by atoms with Crippen molar-refractivity contribution in [2.24, 2.45) is 0 Å².